The zero-order valence-electron chi connectivity index (χ0n) is 18.0. The summed E-state index contributed by atoms with van der Waals surface area (Å²) in [6, 6.07) is 16.3. The maximum atomic E-state index is 12.7. The Morgan fingerprint density at radius 2 is 1.59 bits per heavy atom. The molecule has 0 unspecified atom stereocenters. The Bertz CT molecular complexity index is 797. The zero-order chi connectivity index (χ0) is 21.9. The molecule has 6 heteroatoms. The molecule has 0 aliphatic carbocycles. The molecule has 2 aromatic carbocycles. The molecule has 1 aliphatic rings. The van der Waals surface area contributed by atoms with Gasteiger partial charge in [-0.15, -0.1) is 0 Å². The minimum Gasteiger partial charge on any atom is -0.508 e. The fourth-order valence-corrected chi connectivity index (χ4v) is 5.54. The van der Waals surface area contributed by atoms with Crippen molar-refractivity contribution in [3.63, 3.8) is 0 Å². The molecule has 1 aliphatic heterocycles. The number of nitrogens with zero attached hydrogens (tertiary/aromatic N) is 1. The van der Waals surface area contributed by atoms with Crippen LogP contribution in [0, 0.1) is 0 Å². The van der Waals surface area contributed by atoms with Crippen LogP contribution in [0.25, 0.3) is 0 Å². The van der Waals surface area contributed by atoms with E-state index in [0.29, 0.717) is 18.4 Å². The van der Waals surface area contributed by atoms with Crippen molar-refractivity contribution in [3.05, 3.63) is 60.2 Å². The Labute approximate surface area is 175 Å². The maximum Gasteiger partial charge on any atom is 0.180 e. The lowest BCUT2D eigenvalue weighted by Crippen LogP contribution is -2.49. The summed E-state index contributed by atoms with van der Waals surface area (Å²) in [6.45, 7) is 8.11. The molecule has 0 spiro atoms. The minimum atomic E-state index is -3.55. The molecule has 0 bridgehead atoms. The van der Waals surface area contributed by atoms with Crippen molar-refractivity contribution >= 4 is 9.84 Å². The Hall–Kier alpha value is -1.89. The van der Waals surface area contributed by atoms with Crippen molar-refractivity contribution in [1.29, 1.82) is 0 Å². The van der Waals surface area contributed by atoms with Gasteiger partial charge in [-0.1, -0.05) is 83.0 Å². The highest BCUT2D eigenvalue weighted by Gasteiger charge is 2.42. The van der Waals surface area contributed by atoms with Gasteiger partial charge in [-0.3, -0.25) is 0 Å². The fourth-order valence-electron chi connectivity index (χ4n) is 3.35. The second-order valence-electron chi connectivity index (χ2n) is 6.94. The monoisotopic (exact) mass is 421 g/mol. The molecule has 0 aromatic heterocycles. The predicted octanol–water partition coefficient (Wildman–Crippen LogP) is 5.42. The van der Waals surface area contributed by atoms with E-state index in [1.54, 1.807) is 6.07 Å². The molecule has 1 heterocycles. The van der Waals surface area contributed by atoms with Gasteiger partial charge < -0.3 is 10.3 Å². The zero-order valence-corrected chi connectivity index (χ0v) is 18.8. The summed E-state index contributed by atoms with van der Waals surface area (Å²) in [5.41, 5.74) is -0.231. The molecule has 0 saturated heterocycles. The first kappa shape index (κ1) is 25.1. The van der Waals surface area contributed by atoms with Gasteiger partial charge in [0.05, 0.1) is 22.7 Å². The third kappa shape index (κ3) is 6.84. The molecule has 2 N–H and O–H groups in total. The highest BCUT2D eigenvalue weighted by atomic mass is 32.2. The van der Waals surface area contributed by atoms with Crippen molar-refractivity contribution in [1.82, 2.24) is 5.06 Å². The van der Waals surface area contributed by atoms with E-state index < -0.39 is 15.4 Å². The van der Waals surface area contributed by atoms with Crippen molar-refractivity contribution in [2.75, 3.05) is 5.75 Å². The van der Waals surface area contributed by atoms with Crippen LogP contribution in [0.1, 0.15) is 58.9 Å². The molecule has 29 heavy (non-hydrogen) atoms. The Morgan fingerprint density at radius 3 is 2.07 bits per heavy atom. The molecule has 0 saturated carbocycles. The maximum absolute atomic E-state index is 12.7. The summed E-state index contributed by atoms with van der Waals surface area (Å²) in [7, 11) is -3.55. The number of fused-ring (bicyclic) bond motifs is 1. The number of hydroxylamine groups is 2. The molecular formula is C23H35NO4S. The number of unbranched alkanes of at least 4 members (excludes halogenated alkanes) is 1. The Morgan fingerprint density at radius 1 is 1.03 bits per heavy atom. The van der Waals surface area contributed by atoms with E-state index in [9.17, 15) is 18.7 Å². The summed E-state index contributed by atoms with van der Waals surface area (Å²) in [6.07, 6.45) is 3.00. The van der Waals surface area contributed by atoms with Gasteiger partial charge in [0.2, 0.25) is 0 Å². The smallest absolute Gasteiger partial charge is 0.180 e. The first-order valence-electron chi connectivity index (χ1n) is 10.4. The number of rotatable bonds is 4. The van der Waals surface area contributed by atoms with Crippen molar-refractivity contribution < 1.29 is 18.7 Å². The second-order valence-corrected chi connectivity index (χ2v) is 8.90. The number of phenolic OH excluding ortho intramolecular Hbond substituents is 1. The van der Waals surface area contributed by atoms with Crippen LogP contribution in [0.15, 0.2) is 59.5 Å². The first-order valence-corrected chi connectivity index (χ1v) is 12.0. The second kappa shape index (κ2) is 12.0. The third-order valence-corrected chi connectivity index (χ3v) is 7.00. The quantitative estimate of drug-likeness (QED) is 0.689. The van der Waals surface area contributed by atoms with Gasteiger partial charge in [0.25, 0.3) is 0 Å². The van der Waals surface area contributed by atoms with E-state index in [4.69, 9.17) is 0 Å². The van der Waals surface area contributed by atoms with Gasteiger partial charge in [-0.05, 0) is 30.5 Å². The minimum absolute atomic E-state index is 0.0700. The summed E-state index contributed by atoms with van der Waals surface area (Å²) < 4.78 is 25.4. The summed E-state index contributed by atoms with van der Waals surface area (Å²) in [5, 5.41) is 21.2. The average Bonchev–Trinajstić information content (AvgIpc) is 2.82. The van der Waals surface area contributed by atoms with Crippen LogP contribution < -0.4 is 0 Å². The molecule has 5 nitrogen and oxygen atoms in total. The summed E-state index contributed by atoms with van der Waals surface area (Å²) in [4.78, 5) is 0.133. The lowest BCUT2D eigenvalue weighted by Gasteiger charge is -2.37. The lowest BCUT2D eigenvalue weighted by atomic mass is 9.91. The van der Waals surface area contributed by atoms with Gasteiger partial charge >= 0.3 is 0 Å². The number of hydrogen-bond donors (Lipinski definition) is 2. The van der Waals surface area contributed by atoms with Gasteiger partial charge in [-0.2, -0.15) is 5.06 Å². The van der Waals surface area contributed by atoms with Gasteiger partial charge in [0, 0.05) is 0 Å². The van der Waals surface area contributed by atoms with E-state index in [2.05, 4.69) is 0 Å². The predicted molar refractivity (Wildman–Crippen MR) is 118 cm³/mol. The normalized spacial score (nSPS) is 20.2. The number of phenols is 1. The molecule has 1 atom stereocenters. The molecule has 2 aromatic rings. The van der Waals surface area contributed by atoms with E-state index in [1.165, 1.54) is 17.2 Å². The summed E-state index contributed by atoms with van der Waals surface area (Å²) in [5.74, 6) is -0.192. The van der Waals surface area contributed by atoms with Crippen LogP contribution in [0.4, 0.5) is 0 Å². The SMILES string of the molecule is CC.CCCC[C@]1(CC)CS(=O)(=O)c2cc(O)ccc2CN1O.c1ccccc1. The van der Waals surface area contributed by atoms with E-state index in [-0.39, 0.29) is 22.9 Å². The first-order chi connectivity index (χ1) is 13.8. The molecule has 0 fully saturated rings. The fraction of sp³-hybridized carbons (Fsp3) is 0.478. The largest absolute Gasteiger partial charge is 0.508 e. The van der Waals surface area contributed by atoms with Crippen molar-refractivity contribution in [2.24, 2.45) is 0 Å². The van der Waals surface area contributed by atoms with E-state index in [0.717, 1.165) is 12.8 Å². The Balaban J connectivity index is 0.000000442. The third-order valence-electron chi connectivity index (χ3n) is 5.03. The number of sulfone groups is 1. The van der Waals surface area contributed by atoms with Gasteiger partial charge in [-0.25, -0.2) is 8.42 Å². The molecule has 162 valence electrons. The number of hydrogen-bond acceptors (Lipinski definition) is 5. The van der Waals surface area contributed by atoms with Crippen LogP contribution in [0.2, 0.25) is 0 Å². The van der Waals surface area contributed by atoms with Crippen LogP contribution in [-0.4, -0.2) is 35.1 Å². The highest BCUT2D eigenvalue weighted by molar-refractivity contribution is 7.91. The molecule has 0 amide bonds. The summed E-state index contributed by atoms with van der Waals surface area (Å²) >= 11 is 0. The van der Waals surface area contributed by atoms with Crippen LogP contribution in [0.3, 0.4) is 0 Å². The Kier molecular flexibility index (Phi) is 10.4. The number of aromatic hydroxyl groups is 1. The van der Waals surface area contributed by atoms with E-state index in [1.807, 2.05) is 64.1 Å². The average molecular weight is 422 g/mol. The van der Waals surface area contributed by atoms with Crippen molar-refractivity contribution in [2.45, 2.75) is 70.4 Å². The van der Waals surface area contributed by atoms with Gasteiger partial charge in [0.1, 0.15) is 5.75 Å². The van der Waals surface area contributed by atoms with Crippen LogP contribution >= 0.6 is 0 Å². The van der Waals surface area contributed by atoms with Crippen molar-refractivity contribution in [3.8, 4) is 5.75 Å². The number of benzene rings is 2. The molecule has 0 radical (unpaired) electrons. The van der Waals surface area contributed by atoms with Gasteiger partial charge in [0.15, 0.2) is 9.84 Å². The standard InChI is InChI=1S/C15H23NO4S.C6H6.C2H6/c1-3-5-8-15(4-2)11-21(19,20)14-9-13(17)7-6-12(14)10-16(15)18;1-2-4-6-5-3-1;1-2/h6-7,9,17-18H,3-5,8,10-11H2,1-2H3;1-6H;1-2H3/t15-;;/m1../s1. The van der Waals surface area contributed by atoms with E-state index >= 15 is 0 Å². The molecule has 3 rings (SSSR count). The molecular weight excluding hydrogens is 386 g/mol. The lowest BCUT2D eigenvalue weighted by molar-refractivity contribution is -0.178. The van der Waals surface area contributed by atoms with Crippen LogP contribution in [0.5, 0.6) is 5.75 Å². The highest BCUT2D eigenvalue weighted by Crippen LogP contribution is 2.36. The van der Waals surface area contributed by atoms with Crippen LogP contribution in [-0.2, 0) is 16.4 Å². The topological polar surface area (TPSA) is 77.8 Å².